The van der Waals surface area contributed by atoms with Gasteiger partial charge < -0.3 is 8.37 Å². The number of carbonyl (C=O) groups excluding carboxylic acids is 1. The van der Waals surface area contributed by atoms with E-state index in [-0.39, 0.29) is 23.0 Å². The molecule has 3 fully saturated rings. The van der Waals surface area contributed by atoms with Crippen molar-refractivity contribution in [3.8, 4) is 0 Å². The van der Waals surface area contributed by atoms with Gasteiger partial charge in [-0.15, -0.1) is 0 Å². The fraction of sp³-hybridized carbons (Fsp3) is 0.737. The number of hydrogen-bond acceptors (Lipinski definition) is 5. The lowest BCUT2D eigenvalue weighted by Gasteiger charge is -2.56. The SMILES string of the molecule is [B]SOC1CC2=CC=C3C4CCC(=O)C4(C)CCC3C2(C)C(OS[B])C1. The Morgan fingerprint density at radius 1 is 1.12 bits per heavy atom. The second-order valence-electron chi connectivity index (χ2n) is 8.60. The van der Waals surface area contributed by atoms with E-state index in [0.29, 0.717) is 17.6 Å². The Labute approximate surface area is 167 Å². The highest BCUT2D eigenvalue weighted by Gasteiger charge is 2.59. The van der Waals surface area contributed by atoms with Gasteiger partial charge in [-0.05, 0) is 37.5 Å². The van der Waals surface area contributed by atoms with Crippen LogP contribution in [0.5, 0.6) is 0 Å². The Balaban J connectivity index is 1.72. The molecular formula is C19H24B2O3S2. The van der Waals surface area contributed by atoms with Crippen molar-refractivity contribution in [1.29, 1.82) is 0 Å². The molecule has 136 valence electrons. The molecule has 0 bridgehead atoms. The van der Waals surface area contributed by atoms with Gasteiger partial charge in [0.15, 0.2) is 0 Å². The largest absolute Gasteiger partial charge is 0.325 e. The molecule has 0 aromatic heterocycles. The predicted molar refractivity (Wildman–Crippen MR) is 109 cm³/mol. The molecule has 4 radical (unpaired) electrons. The molecule has 0 heterocycles. The normalized spacial score (nSPS) is 44.6. The predicted octanol–water partition coefficient (Wildman–Crippen LogP) is 4.28. The zero-order chi connectivity index (χ0) is 18.5. The van der Waals surface area contributed by atoms with Crippen molar-refractivity contribution in [2.24, 2.45) is 22.7 Å². The maximum Gasteiger partial charge on any atom is 0.203 e. The number of Topliss-reactive ketones (excluding diaryl/α,β-unsaturated/α-hetero) is 1. The highest BCUT2D eigenvalue weighted by molar-refractivity contribution is 8.16. The van der Waals surface area contributed by atoms with Crippen molar-refractivity contribution >= 4 is 43.8 Å². The Bertz CT molecular complexity index is 667. The van der Waals surface area contributed by atoms with Crippen molar-refractivity contribution in [1.82, 2.24) is 0 Å². The zero-order valence-corrected chi connectivity index (χ0v) is 17.0. The third-order valence-corrected chi connectivity index (χ3v) is 8.40. The van der Waals surface area contributed by atoms with Crippen LogP contribution in [0.4, 0.5) is 0 Å². The molecule has 6 unspecified atom stereocenters. The van der Waals surface area contributed by atoms with Crippen molar-refractivity contribution in [2.45, 2.75) is 64.6 Å². The summed E-state index contributed by atoms with van der Waals surface area (Å²) < 4.78 is 11.6. The van der Waals surface area contributed by atoms with Crippen molar-refractivity contribution in [2.75, 3.05) is 0 Å². The Kier molecular flexibility index (Phi) is 5.22. The molecule has 3 nitrogen and oxygen atoms in total. The second kappa shape index (κ2) is 7.06. The Hall–Kier alpha value is -0.100. The lowest BCUT2D eigenvalue weighted by atomic mass is 9.50. The van der Waals surface area contributed by atoms with Crippen LogP contribution in [-0.4, -0.2) is 32.2 Å². The molecule has 6 atom stereocenters. The van der Waals surface area contributed by atoms with E-state index in [1.807, 2.05) is 0 Å². The number of fused-ring (bicyclic) bond motifs is 5. The number of rotatable bonds is 4. The smallest absolute Gasteiger partial charge is 0.203 e. The summed E-state index contributed by atoms with van der Waals surface area (Å²) in [6.45, 7) is 4.50. The summed E-state index contributed by atoms with van der Waals surface area (Å²) in [4.78, 5) is 12.5. The highest BCUT2D eigenvalue weighted by Crippen LogP contribution is 2.63. The molecule has 0 aromatic rings. The van der Waals surface area contributed by atoms with E-state index in [1.165, 1.54) is 11.1 Å². The van der Waals surface area contributed by atoms with Crippen LogP contribution in [0.3, 0.4) is 0 Å². The fourth-order valence-electron chi connectivity index (χ4n) is 6.14. The van der Waals surface area contributed by atoms with E-state index >= 15 is 0 Å². The molecule has 4 aliphatic rings. The maximum absolute atomic E-state index is 12.5. The lowest BCUT2D eigenvalue weighted by molar-refractivity contribution is -0.127. The van der Waals surface area contributed by atoms with E-state index in [0.717, 1.165) is 62.3 Å². The van der Waals surface area contributed by atoms with Crippen molar-refractivity contribution in [3.05, 3.63) is 23.3 Å². The molecule has 7 heteroatoms. The minimum atomic E-state index is -0.167. The third-order valence-electron chi connectivity index (χ3n) is 7.67. The summed E-state index contributed by atoms with van der Waals surface area (Å²) in [7, 11) is 11.2. The van der Waals surface area contributed by atoms with Gasteiger partial charge >= 0.3 is 0 Å². The van der Waals surface area contributed by atoms with Crippen LogP contribution >= 0.6 is 23.8 Å². The van der Waals surface area contributed by atoms with E-state index in [1.54, 1.807) is 0 Å². The minimum absolute atomic E-state index is 0.0233. The first kappa shape index (κ1) is 19.2. The summed E-state index contributed by atoms with van der Waals surface area (Å²) in [5.74, 6) is 1.24. The van der Waals surface area contributed by atoms with Gasteiger partial charge in [-0.2, -0.15) is 0 Å². The van der Waals surface area contributed by atoms with E-state index < -0.39 is 0 Å². The van der Waals surface area contributed by atoms with Gasteiger partial charge in [-0.1, -0.05) is 60.9 Å². The van der Waals surface area contributed by atoms with Gasteiger partial charge in [0.05, 0.1) is 12.2 Å². The number of ketones is 1. The summed E-state index contributed by atoms with van der Waals surface area (Å²) in [5.41, 5.74) is 2.56. The molecule has 26 heavy (non-hydrogen) atoms. The Morgan fingerprint density at radius 2 is 1.88 bits per heavy atom. The average Bonchev–Trinajstić information content (AvgIpc) is 2.92. The first-order valence-electron chi connectivity index (χ1n) is 9.44. The molecule has 0 N–H and O–H groups in total. The fourth-order valence-corrected chi connectivity index (χ4v) is 6.86. The number of carbonyl (C=O) groups is 1. The zero-order valence-electron chi connectivity index (χ0n) is 15.4. The van der Waals surface area contributed by atoms with E-state index in [2.05, 4.69) is 26.0 Å². The first-order chi connectivity index (χ1) is 12.4. The van der Waals surface area contributed by atoms with Crippen LogP contribution in [0.25, 0.3) is 0 Å². The molecule has 0 amide bonds. The molecule has 0 saturated heterocycles. The average molecular weight is 386 g/mol. The number of hydrogen-bond donors (Lipinski definition) is 0. The van der Waals surface area contributed by atoms with Crippen LogP contribution in [-0.2, 0) is 13.2 Å². The van der Waals surface area contributed by atoms with Gasteiger partial charge in [0.1, 0.15) is 5.78 Å². The van der Waals surface area contributed by atoms with Crippen molar-refractivity contribution in [3.63, 3.8) is 0 Å². The van der Waals surface area contributed by atoms with Crippen LogP contribution in [0, 0.1) is 22.7 Å². The summed E-state index contributed by atoms with van der Waals surface area (Å²) in [5, 5.41) is 0. The van der Waals surface area contributed by atoms with Gasteiger partial charge in [0, 0.05) is 23.7 Å². The molecule has 3 saturated carbocycles. The monoisotopic (exact) mass is 386 g/mol. The molecule has 0 spiro atoms. The van der Waals surface area contributed by atoms with E-state index in [9.17, 15) is 4.79 Å². The Morgan fingerprint density at radius 3 is 2.62 bits per heavy atom. The number of allylic oxidation sites excluding steroid dienone is 3. The first-order valence-corrected chi connectivity index (χ1v) is 11.0. The summed E-state index contributed by atoms with van der Waals surface area (Å²) >= 11 is 1.87. The summed E-state index contributed by atoms with van der Waals surface area (Å²) in [6, 6.07) is 0. The molecule has 0 aliphatic heterocycles. The highest BCUT2D eigenvalue weighted by atomic mass is 32.2. The maximum atomic E-state index is 12.5. The van der Waals surface area contributed by atoms with Gasteiger partial charge in [-0.3, -0.25) is 4.79 Å². The third kappa shape index (κ3) is 2.72. The molecule has 4 aliphatic carbocycles. The second-order valence-corrected chi connectivity index (χ2v) is 9.37. The van der Waals surface area contributed by atoms with Crippen LogP contribution in [0.2, 0.25) is 0 Å². The quantitative estimate of drug-likeness (QED) is 0.533. The topological polar surface area (TPSA) is 35.5 Å². The summed E-state index contributed by atoms with van der Waals surface area (Å²) in [6.07, 6.45) is 9.95. The van der Waals surface area contributed by atoms with Crippen LogP contribution in [0.1, 0.15) is 52.4 Å². The van der Waals surface area contributed by atoms with Gasteiger partial charge in [0.2, 0.25) is 14.2 Å². The van der Waals surface area contributed by atoms with Crippen LogP contribution < -0.4 is 0 Å². The van der Waals surface area contributed by atoms with E-state index in [4.69, 9.17) is 22.6 Å². The van der Waals surface area contributed by atoms with Gasteiger partial charge in [-0.25, -0.2) is 0 Å². The molecule has 4 rings (SSSR count). The van der Waals surface area contributed by atoms with Crippen LogP contribution in [0.15, 0.2) is 23.3 Å². The molecule has 0 aromatic carbocycles. The molecular weight excluding hydrogens is 362 g/mol. The van der Waals surface area contributed by atoms with Crippen molar-refractivity contribution < 1.29 is 13.2 Å². The van der Waals surface area contributed by atoms with Gasteiger partial charge in [0.25, 0.3) is 0 Å². The standard InChI is InChI=1S/C19H24B2O3S2/c1-18-8-7-15-13(14(18)5-6-16(18)22)4-3-11-9-12(23-25-20)10-17(24-26-21)19(11,15)2/h3-4,12,14-15,17H,5-10H2,1-2H3. The lowest BCUT2D eigenvalue weighted by Crippen LogP contribution is -2.52. The minimum Gasteiger partial charge on any atom is -0.325 e.